The molecule has 1 nitrogen and oxygen atoms in total. The summed E-state index contributed by atoms with van der Waals surface area (Å²) in [5.74, 6) is 0. The maximum absolute atomic E-state index is 6.27. The first-order chi connectivity index (χ1) is 10.7. The predicted molar refractivity (Wildman–Crippen MR) is 107 cm³/mol. The summed E-state index contributed by atoms with van der Waals surface area (Å²) >= 11 is 7.75. The summed E-state index contributed by atoms with van der Waals surface area (Å²) < 4.78 is 6.27. The zero-order chi connectivity index (χ0) is 16.3. The van der Waals surface area contributed by atoms with Crippen molar-refractivity contribution in [2.24, 2.45) is 0 Å². The molecule has 0 aliphatic heterocycles. The predicted octanol–water partition coefficient (Wildman–Crippen LogP) is 5.99. The fraction of sp³-hybridized carbons (Fsp3) is 0.556. The monoisotopic (exact) mass is 356 g/mol. The molecule has 0 radical (unpaired) electrons. The Bertz CT molecular complexity index is 470. The zero-order valence-corrected chi connectivity index (χ0v) is 16.5. The van der Waals surface area contributed by atoms with E-state index < -0.39 is 6.26 Å². The van der Waals surface area contributed by atoms with E-state index in [2.05, 4.69) is 44.0 Å². The molecule has 1 atom stereocenters. The highest BCUT2D eigenvalue weighted by atomic mass is 32.4. The van der Waals surface area contributed by atoms with Crippen LogP contribution in [-0.4, -0.2) is 19.0 Å². The van der Waals surface area contributed by atoms with E-state index in [-0.39, 0.29) is 0 Å². The van der Waals surface area contributed by atoms with Gasteiger partial charge in [-0.1, -0.05) is 56.2 Å². The second-order valence-corrected chi connectivity index (χ2v) is 10.6. The van der Waals surface area contributed by atoms with E-state index >= 15 is 0 Å². The Hall–Kier alpha value is -0.0800. The largest absolute Gasteiger partial charge is 0.346 e. The minimum absolute atomic E-state index is 0.801. The molecule has 0 bridgehead atoms. The van der Waals surface area contributed by atoms with Gasteiger partial charge in [-0.2, -0.15) is 0 Å². The molecule has 0 saturated heterocycles. The number of thioether (sulfide) groups is 1. The van der Waals surface area contributed by atoms with Gasteiger partial charge < -0.3 is 4.52 Å². The first-order valence-electron chi connectivity index (χ1n) is 8.15. The van der Waals surface area contributed by atoms with Crippen molar-refractivity contribution in [1.82, 2.24) is 0 Å². The summed E-state index contributed by atoms with van der Waals surface area (Å²) in [4.78, 5) is 1.28. The fourth-order valence-corrected chi connectivity index (χ4v) is 5.81. The van der Waals surface area contributed by atoms with Crippen molar-refractivity contribution in [3.8, 4) is 0 Å². The van der Waals surface area contributed by atoms with Crippen LogP contribution in [-0.2, 0) is 16.3 Å². The van der Waals surface area contributed by atoms with E-state index in [1.54, 1.807) is 11.8 Å². The molecular weight excluding hydrogens is 327 g/mol. The molecule has 1 unspecified atom stereocenters. The molecule has 1 aromatic rings. The van der Waals surface area contributed by atoms with Crippen molar-refractivity contribution in [3.05, 3.63) is 36.9 Å². The maximum atomic E-state index is 6.27. The Morgan fingerprint density at radius 3 is 2.50 bits per heavy atom. The van der Waals surface area contributed by atoms with Gasteiger partial charge in [0.2, 0.25) is 0 Å². The molecule has 1 aromatic carbocycles. The van der Waals surface area contributed by atoms with Gasteiger partial charge in [0.15, 0.2) is 0 Å². The van der Waals surface area contributed by atoms with Crippen LogP contribution in [0.2, 0.25) is 0 Å². The second-order valence-electron chi connectivity index (χ2n) is 5.42. The molecule has 0 saturated carbocycles. The Labute approximate surface area is 146 Å². The van der Waals surface area contributed by atoms with Gasteiger partial charge in [-0.25, -0.2) is 0 Å². The Balaban J connectivity index is 2.71. The van der Waals surface area contributed by atoms with Crippen molar-refractivity contribution in [2.45, 2.75) is 50.3 Å². The van der Waals surface area contributed by atoms with Crippen molar-refractivity contribution >= 4 is 35.1 Å². The first-order valence-corrected chi connectivity index (χ1v) is 12.3. The molecule has 0 fully saturated rings. The zero-order valence-electron chi connectivity index (χ0n) is 13.9. The summed E-state index contributed by atoms with van der Waals surface area (Å²) in [6.07, 6.45) is 10.1. The van der Waals surface area contributed by atoms with Gasteiger partial charge in [0.05, 0.1) is 12.9 Å². The summed E-state index contributed by atoms with van der Waals surface area (Å²) in [5, 5.41) is 1.22. The number of benzene rings is 1. The van der Waals surface area contributed by atoms with Crippen LogP contribution in [0.25, 0.3) is 0 Å². The van der Waals surface area contributed by atoms with Crippen molar-refractivity contribution in [3.63, 3.8) is 0 Å². The van der Waals surface area contributed by atoms with Crippen LogP contribution in [0.3, 0.4) is 0 Å². The second kappa shape index (κ2) is 11.5. The topological polar surface area (TPSA) is 9.23 Å². The van der Waals surface area contributed by atoms with E-state index in [0.29, 0.717) is 0 Å². The van der Waals surface area contributed by atoms with E-state index in [9.17, 15) is 0 Å². The van der Waals surface area contributed by atoms with Crippen molar-refractivity contribution in [1.29, 1.82) is 0 Å². The van der Waals surface area contributed by atoms with Crippen LogP contribution in [0.1, 0.15) is 45.4 Å². The van der Waals surface area contributed by atoms with Crippen LogP contribution in [0, 0.1) is 0 Å². The molecular formula is C18H29OPS2. The van der Waals surface area contributed by atoms with Crippen molar-refractivity contribution in [2.75, 3.05) is 19.0 Å². The molecule has 22 heavy (non-hydrogen) atoms. The number of hydrogen-bond acceptors (Lipinski definition) is 3. The number of rotatable bonds is 12. The molecule has 0 amide bonds. The van der Waals surface area contributed by atoms with Crippen LogP contribution < -0.4 is 5.30 Å². The quantitative estimate of drug-likeness (QED) is 0.197. The van der Waals surface area contributed by atoms with Gasteiger partial charge in [0.25, 0.3) is 0 Å². The molecule has 0 aromatic heterocycles. The third-order valence-corrected chi connectivity index (χ3v) is 8.45. The lowest BCUT2D eigenvalue weighted by Crippen LogP contribution is -2.11. The Morgan fingerprint density at radius 2 is 1.91 bits per heavy atom. The van der Waals surface area contributed by atoms with Crippen LogP contribution in [0.15, 0.2) is 41.8 Å². The summed E-state index contributed by atoms with van der Waals surface area (Å²) in [5.41, 5.74) is 0. The molecule has 0 N–H and O–H groups in total. The minimum atomic E-state index is -1.90. The third-order valence-electron chi connectivity index (χ3n) is 3.62. The van der Waals surface area contributed by atoms with Gasteiger partial charge >= 0.3 is 0 Å². The van der Waals surface area contributed by atoms with Gasteiger partial charge in [0, 0.05) is 16.4 Å². The molecule has 0 heterocycles. The number of hydrogen-bond donors (Lipinski definition) is 0. The standard InChI is InChI=1S/C18H29OPS2/c1-4-6-8-9-15-19-20(21,16-10-7-5-2)17-11-13-18(22-3)14-12-17/h5,11-14H,2,4,6-10,15-16H2,1,3H3. The van der Waals surface area contributed by atoms with Crippen LogP contribution in [0.5, 0.6) is 0 Å². The highest BCUT2D eigenvalue weighted by Crippen LogP contribution is 2.47. The van der Waals surface area contributed by atoms with E-state index in [1.807, 2.05) is 6.08 Å². The maximum Gasteiger partial charge on any atom is 0.0947 e. The average Bonchev–Trinajstić information content (AvgIpc) is 2.55. The van der Waals surface area contributed by atoms with Crippen LogP contribution in [0.4, 0.5) is 0 Å². The van der Waals surface area contributed by atoms with Crippen LogP contribution >= 0.6 is 18.0 Å². The fourth-order valence-electron chi connectivity index (χ4n) is 2.26. The lowest BCUT2D eigenvalue weighted by atomic mass is 10.2. The van der Waals surface area contributed by atoms with Gasteiger partial charge in [-0.3, -0.25) is 0 Å². The molecule has 0 aliphatic rings. The highest BCUT2D eigenvalue weighted by molar-refractivity contribution is 8.15. The number of unbranched alkanes of at least 4 members (excludes halogenated alkanes) is 4. The Kier molecular flexibility index (Phi) is 10.4. The lowest BCUT2D eigenvalue weighted by Gasteiger charge is -2.23. The lowest BCUT2D eigenvalue weighted by molar-refractivity contribution is 0.338. The first kappa shape index (κ1) is 20.0. The van der Waals surface area contributed by atoms with E-state index in [4.69, 9.17) is 16.3 Å². The SMILES string of the molecule is C=CCCCP(=S)(OCCCCCC)c1ccc(SC)cc1. The van der Waals surface area contributed by atoms with E-state index in [1.165, 1.54) is 29.5 Å². The van der Waals surface area contributed by atoms with E-state index in [0.717, 1.165) is 32.0 Å². The highest BCUT2D eigenvalue weighted by Gasteiger charge is 2.20. The minimum Gasteiger partial charge on any atom is -0.346 e. The van der Waals surface area contributed by atoms with Gasteiger partial charge in [0.1, 0.15) is 0 Å². The summed E-state index contributed by atoms with van der Waals surface area (Å²) in [6, 6.07) is 8.67. The molecule has 0 aliphatic carbocycles. The molecule has 0 spiro atoms. The average molecular weight is 357 g/mol. The number of allylic oxidation sites excluding steroid dienone is 1. The Morgan fingerprint density at radius 1 is 1.18 bits per heavy atom. The summed E-state index contributed by atoms with van der Waals surface area (Å²) in [6.45, 7) is 6.84. The molecule has 4 heteroatoms. The third kappa shape index (κ3) is 7.00. The smallest absolute Gasteiger partial charge is 0.0947 e. The van der Waals surface area contributed by atoms with Gasteiger partial charge in [-0.05, 0) is 37.7 Å². The van der Waals surface area contributed by atoms with Crippen molar-refractivity contribution < 1.29 is 4.52 Å². The van der Waals surface area contributed by atoms with Gasteiger partial charge in [-0.15, -0.1) is 18.3 Å². The summed E-state index contributed by atoms with van der Waals surface area (Å²) in [7, 11) is 0. The normalized spacial score (nSPS) is 13.7. The molecule has 124 valence electrons. The molecule has 1 rings (SSSR count).